The Morgan fingerprint density at radius 2 is 2.12 bits per heavy atom. The van der Waals surface area contributed by atoms with Gasteiger partial charge in [0.05, 0.1) is 24.1 Å². The summed E-state index contributed by atoms with van der Waals surface area (Å²) in [6, 6.07) is 1.65. The molecule has 3 rings (SSSR count). The van der Waals surface area contributed by atoms with Gasteiger partial charge >= 0.3 is 5.97 Å². The van der Waals surface area contributed by atoms with Gasteiger partial charge < -0.3 is 9.72 Å². The van der Waals surface area contributed by atoms with E-state index in [1.807, 2.05) is 12.3 Å². The lowest BCUT2D eigenvalue weighted by Gasteiger charge is -2.02. The summed E-state index contributed by atoms with van der Waals surface area (Å²) in [4.78, 5) is 31.2. The maximum absolute atomic E-state index is 12.5. The van der Waals surface area contributed by atoms with Crippen LogP contribution in [0.4, 0.5) is 5.13 Å². The number of thiazole rings is 1. The molecule has 0 spiro atoms. The van der Waals surface area contributed by atoms with Crippen molar-refractivity contribution < 1.29 is 14.3 Å². The van der Waals surface area contributed by atoms with Crippen LogP contribution < -0.4 is 5.32 Å². The smallest absolute Gasteiger partial charge is 0.354 e. The number of ether oxygens (including phenoxy) is 1. The number of amides is 1. The Labute approximate surface area is 147 Å². The average molecular weight is 359 g/mol. The van der Waals surface area contributed by atoms with Crippen molar-refractivity contribution in [2.75, 3.05) is 12.4 Å². The van der Waals surface area contributed by atoms with E-state index in [-0.39, 0.29) is 5.91 Å². The fourth-order valence-corrected chi connectivity index (χ4v) is 3.21. The summed E-state index contributed by atoms with van der Waals surface area (Å²) in [5.41, 5.74) is 3.76. The van der Waals surface area contributed by atoms with Crippen LogP contribution in [0.15, 0.2) is 17.6 Å². The van der Waals surface area contributed by atoms with Crippen LogP contribution in [0.5, 0.6) is 0 Å². The van der Waals surface area contributed by atoms with Crippen LogP contribution in [0.1, 0.15) is 32.2 Å². The van der Waals surface area contributed by atoms with E-state index in [0.29, 0.717) is 27.8 Å². The first-order valence-electron chi connectivity index (χ1n) is 7.45. The van der Waals surface area contributed by atoms with Gasteiger partial charge in [-0.2, -0.15) is 5.10 Å². The number of carbonyl (C=O) groups is 2. The van der Waals surface area contributed by atoms with Gasteiger partial charge in [-0.15, -0.1) is 11.3 Å². The number of aromatic amines is 1. The van der Waals surface area contributed by atoms with E-state index in [4.69, 9.17) is 0 Å². The Balaban J connectivity index is 1.79. The Morgan fingerprint density at radius 1 is 1.36 bits per heavy atom. The fourth-order valence-electron chi connectivity index (χ4n) is 2.50. The molecule has 25 heavy (non-hydrogen) atoms. The molecule has 2 N–H and O–H groups in total. The molecule has 0 saturated heterocycles. The summed E-state index contributed by atoms with van der Waals surface area (Å²) >= 11 is 1.31. The number of nitrogens with zero attached hydrogens (tertiary/aromatic N) is 3. The van der Waals surface area contributed by atoms with Crippen molar-refractivity contribution in [2.24, 2.45) is 7.05 Å². The predicted molar refractivity (Wildman–Crippen MR) is 93.9 cm³/mol. The zero-order chi connectivity index (χ0) is 18.1. The van der Waals surface area contributed by atoms with Crippen LogP contribution in [-0.4, -0.2) is 38.7 Å². The zero-order valence-electron chi connectivity index (χ0n) is 14.2. The molecule has 0 aromatic carbocycles. The molecule has 1 amide bonds. The fraction of sp³-hybridized carbons (Fsp3) is 0.250. The highest BCUT2D eigenvalue weighted by Crippen LogP contribution is 2.26. The van der Waals surface area contributed by atoms with Crippen molar-refractivity contribution in [1.82, 2.24) is 19.7 Å². The number of aryl methyl sites for hydroxylation is 2. The molecule has 0 bridgehead atoms. The number of H-pyrrole nitrogens is 1. The molecule has 0 atom stereocenters. The number of aromatic nitrogens is 4. The van der Waals surface area contributed by atoms with Crippen molar-refractivity contribution in [2.45, 2.75) is 13.8 Å². The van der Waals surface area contributed by atoms with Gasteiger partial charge in [-0.1, -0.05) is 0 Å². The second kappa shape index (κ2) is 6.52. The molecule has 3 aromatic rings. The van der Waals surface area contributed by atoms with Crippen molar-refractivity contribution in [3.05, 3.63) is 40.3 Å². The van der Waals surface area contributed by atoms with Gasteiger partial charge in [-0.25, -0.2) is 9.78 Å². The first-order chi connectivity index (χ1) is 11.9. The second-order valence-corrected chi connectivity index (χ2v) is 6.31. The Morgan fingerprint density at radius 3 is 2.76 bits per heavy atom. The number of hydrogen-bond donors (Lipinski definition) is 2. The third-order valence-corrected chi connectivity index (χ3v) is 4.60. The van der Waals surface area contributed by atoms with Crippen LogP contribution in [0, 0.1) is 13.8 Å². The summed E-state index contributed by atoms with van der Waals surface area (Å²) in [5.74, 6) is -0.689. The molecule has 0 aliphatic heterocycles. The number of hydrogen-bond acceptors (Lipinski definition) is 6. The summed E-state index contributed by atoms with van der Waals surface area (Å²) < 4.78 is 6.34. The summed E-state index contributed by atoms with van der Waals surface area (Å²) in [6.45, 7) is 3.64. The maximum atomic E-state index is 12.5. The first kappa shape index (κ1) is 16.9. The normalized spacial score (nSPS) is 10.7. The van der Waals surface area contributed by atoms with E-state index in [1.165, 1.54) is 18.4 Å². The van der Waals surface area contributed by atoms with Crippen LogP contribution in [0.25, 0.3) is 11.3 Å². The Bertz CT molecular complexity index is 953. The van der Waals surface area contributed by atoms with Crippen molar-refractivity contribution in [3.63, 3.8) is 0 Å². The van der Waals surface area contributed by atoms with E-state index < -0.39 is 5.97 Å². The van der Waals surface area contributed by atoms with Gasteiger partial charge in [0.2, 0.25) is 0 Å². The highest BCUT2D eigenvalue weighted by molar-refractivity contribution is 7.14. The number of nitrogens with one attached hydrogen (secondary N) is 2. The third kappa shape index (κ3) is 3.18. The highest BCUT2D eigenvalue weighted by Gasteiger charge is 2.19. The number of rotatable bonds is 4. The SMILES string of the molecule is COC(=O)c1cc(-c2csc(NC(=O)c3c(C)nn(C)c3C)n2)c[nH]1. The van der Waals surface area contributed by atoms with E-state index in [2.05, 4.69) is 25.1 Å². The lowest BCUT2D eigenvalue weighted by Crippen LogP contribution is -2.13. The number of anilines is 1. The van der Waals surface area contributed by atoms with Gasteiger partial charge in [0.1, 0.15) is 5.69 Å². The van der Waals surface area contributed by atoms with Gasteiger partial charge in [-0.3, -0.25) is 14.8 Å². The number of methoxy groups -OCH3 is 1. The molecule has 0 saturated carbocycles. The molecular formula is C16H17N5O3S. The minimum Gasteiger partial charge on any atom is -0.464 e. The van der Waals surface area contributed by atoms with Crippen LogP contribution >= 0.6 is 11.3 Å². The van der Waals surface area contributed by atoms with Crippen LogP contribution in [0.3, 0.4) is 0 Å². The van der Waals surface area contributed by atoms with Gasteiger partial charge in [0.25, 0.3) is 5.91 Å². The summed E-state index contributed by atoms with van der Waals surface area (Å²) in [6.07, 6.45) is 1.67. The Hall–Kier alpha value is -2.94. The van der Waals surface area contributed by atoms with E-state index >= 15 is 0 Å². The molecule has 8 nitrogen and oxygen atoms in total. The molecular weight excluding hydrogens is 342 g/mol. The molecule has 0 aliphatic rings. The largest absolute Gasteiger partial charge is 0.464 e. The minimum absolute atomic E-state index is 0.242. The lowest BCUT2D eigenvalue weighted by atomic mass is 10.2. The average Bonchev–Trinajstić information content (AvgIpc) is 3.27. The second-order valence-electron chi connectivity index (χ2n) is 5.46. The van der Waals surface area contributed by atoms with E-state index in [1.54, 1.807) is 30.9 Å². The molecule has 0 unspecified atom stereocenters. The van der Waals surface area contributed by atoms with Gasteiger partial charge in [0, 0.05) is 29.9 Å². The number of esters is 1. The maximum Gasteiger partial charge on any atom is 0.354 e. The van der Waals surface area contributed by atoms with E-state index in [0.717, 1.165) is 11.3 Å². The zero-order valence-corrected chi connectivity index (χ0v) is 15.0. The molecule has 3 heterocycles. The van der Waals surface area contributed by atoms with Crippen LogP contribution in [0.2, 0.25) is 0 Å². The number of carbonyl (C=O) groups excluding carboxylic acids is 2. The molecule has 9 heteroatoms. The van der Waals surface area contributed by atoms with Gasteiger partial charge in [-0.05, 0) is 19.9 Å². The van der Waals surface area contributed by atoms with Crippen molar-refractivity contribution >= 4 is 28.3 Å². The first-order valence-corrected chi connectivity index (χ1v) is 8.33. The highest BCUT2D eigenvalue weighted by atomic mass is 32.1. The molecule has 0 radical (unpaired) electrons. The van der Waals surface area contributed by atoms with E-state index in [9.17, 15) is 9.59 Å². The van der Waals surface area contributed by atoms with Crippen molar-refractivity contribution in [1.29, 1.82) is 0 Å². The summed E-state index contributed by atoms with van der Waals surface area (Å²) in [7, 11) is 3.12. The monoisotopic (exact) mass is 359 g/mol. The van der Waals surface area contributed by atoms with Gasteiger partial charge in [0.15, 0.2) is 5.13 Å². The molecule has 0 aliphatic carbocycles. The summed E-state index contributed by atoms with van der Waals surface area (Å²) in [5, 5.41) is 9.33. The lowest BCUT2D eigenvalue weighted by molar-refractivity contribution is 0.0594. The standard InChI is InChI=1S/C16H17N5O3S/c1-8-13(9(2)21(3)20-8)14(22)19-16-18-12(7-25-16)10-5-11(17-6-10)15(23)24-4/h5-7,17H,1-4H3,(H,18,19,22). The topological polar surface area (TPSA) is 102 Å². The third-order valence-electron chi connectivity index (χ3n) is 3.84. The predicted octanol–water partition coefficient (Wildman–Crippen LogP) is 2.53. The van der Waals surface area contributed by atoms with Crippen LogP contribution in [-0.2, 0) is 11.8 Å². The van der Waals surface area contributed by atoms with Crippen molar-refractivity contribution in [3.8, 4) is 11.3 Å². The quantitative estimate of drug-likeness (QED) is 0.697. The molecule has 3 aromatic heterocycles. The Kier molecular flexibility index (Phi) is 4.41. The molecule has 0 fully saturated rings. The minimum atomic E-state index is -0.447. The molecule has 130 valence electrons.